The molecule has 1 heterocycles. The Bertz CT molecular complexity index is 547. The molecule has 0 fully saturated rings. The van der Waals surface area contributed by atoms with Crippen molar-refractivity contribution in [3.05, 3.63) is 47.3 Å². The predicted octanol–water partition coefficient (Wildman–Crippen LogP) is 0.703. The Morgan fingerprint density at radius 2 is 2.00 bits per heavy atom. The predicted molar refractivity (Wildman–Crippen MR) is 54.0 cm³/mol. The van der Waals surface area contributed by atoms with Crippen LogP contribution in [0.4, 0.5) is 8.78 Å². The van der Waals surface area contributed by atoms with E-state index in [4.69, 9.17) is 5.73 Å². The highest BCUT2D eigenvalue weighted by atomic mass is 19.1. The lowest BCUT2D eigenvalue weighted by Crippen LogP contribution is -2.19. The Morgan fingerprint density at radius 1 is 1.35 bits per heavy atom. The number of benzene rings is 1. The molecular weight excluding hydrogens is 230 g/mol. The zero-order valence-electron chi connectivity index (χ0n) is 8.60. The molecule has 0 unspecified atom stereocenters. The van der Waals surface area contributed by atoms with Crippen LogP contribution in [0.15, 0.2) is 24.4 Å². The van der Waals surface area contributed by atoms with E-state index in [0.29, 0.717) is 0 Å². The van der Waals surface area contributed by atoms with Gasteiger partial charge in [0.05, 0.1) is 12.7 Å². The van der Waals surface area contributed by atoms with Crippen LogP contribution in [0, 0.1) is 11.6 Å². The smallest absolute Gasteiger partial charge is 0.268 e. The molecule has 7 heteroatoms. The second-order valence-electron chi connectivity index (χ2n) is 3.34. The summed E-state index contributed by atoms with van der Waals surface area (Å²) < 4.78 is 27.8. The van der Waals surface area contributed by atoms with Crippen LogP contribution in [0.3, 0.4) is 0 Å². The number of primary amides is 1. The van der Waals surface area contributed by atoms with E-state index in [0.717, 1.165) is 23.0 Å². The van der Waals surface area contributed by atoms with Crippen LogP contribution in [-0.2, 0) is 6.54 Å². The maximum atomic E-state index is 13.4. The number of rotatable bonds is 3. The van der Waals surface area contributed by atoms with Gasteiger partial charge in [-0.05, 0) is 12.1 Å². The summed E-state index contributed by atoms with van der Waals surface area (Å²) in [7, 11) is 0. The Morgan fingerprint density at radius 3 is 2.59 bits per heavy atom. The van der Waals surface area contributed by atoms with E-state index >= 15 is 0 Å². The van der Waals surface area contributed by atoms with Crippen LogP contribution in [0.5, 0.6) is 0 Å². The number of hydrogen-bond acceptors (Lipinski definition) is 3. The fourth-order valence-electron chi connectivity index (χ4n) is 1.40. The highest BCUT2D eigenvalue weighted by Crippen LogP contribution is 2.13. The van der Waals surface area contributed by atoms with Crippen molar-refractivity contribution in [1.82, 2.24) is 15.0 Å². The molecule has 0 saturated carbocycles. The van der Waals surface area contributed by atoms with Gasteiger partial charge in [0.15, 0.2) is 0 Å². The summed E-state index contributed by atoms with van der Waals surface area (Å²) in [5.41, 5.74) is 4.86. The number of nitrogens with two attached hydrogens (primary N) is 1. The second-order valence-corrected chi connectivity index (χ2v) is 3.34. The molecule has 5 nitrogen and oxygen atoms in total. The Labute approximate surface area is 94.8 Å². The van der Waals surface area contributed by atoms with Crippen molar-refractivity contribution < 1.29 is 13.6 Å². The third-order valence-electron chi connectivity index (χ3n) is 2.24. The number of carbonyl (C=O) groups is 1. The summed E-state index contributed by atoms with van der Waals surface area (Å²) in [5, 5.41) is 7.01. The van der Waals surface area contributed by atoms with Gasteiger partial charge in [-0.2, -0.15) is 0 Å². The monoisotopic (exact) mass is 238 g/mol. The third kappa shape index (κ3) is 2.12. The van der Waals surface area contributed by atoms with Crippen LogP contribution in [0.2, 0.25) is 0 Å². The molecular formula is C10H8F2N4O. The van der Waals surface area contributed by atoms with Crippen molar-refractivity contribution in [2.75, 3.05) is 0 Å². The molecule has 0 atom stereocenters. The first-order valence-corrected chi connectivity index (χ1v) is 4.71. The van der Waals surface area contributed by atoms with Crippen LogP contribution in [0.1, 0.15) is 16.1 Å². The molecule has 2 rings (SSSR count). The largest absolute Gasteiger partial charge is 0.364 e. The van der Waals surface area contributed by atoms with Gasteiger partial charge in [0, 0.05) is 5.56 Å². The van der Waals surface area contributed by atoms with Gasteiger partial charge in [-0.15, -0.1) is 5.10 Å². The number of aromatic nitrogens is 3. The topological polar surface area (TPSA) is 73.8 Å². The minimum absolute atomic E-state index is 0.00680. The van der Waals surface area contributed by atoms with E-state index in [1.54, 1.807) is 0 Å². The van der Waals surface area contributed by atoms with Crippen molar-refractivity contribution in [1.29, 1.82) is 0 Å². The zero-order chi connectivity index (χ0) is 12.4. The molecule has 0 aliphatic carbocycles. The fourth-order valence-corrected chi connectivity index (χ4v) is 1.40. The molecule has 1 aromatic heterocycles. The van der Waals surface area contributed by atoms with E-state index in [1.807, 2.05) is 0 Å². The minimum atomic E-state index is -0.758. The van der Waals surface area contributed by atoms with Gasteiger partial charge < -0.3 is 5.73 Å². The number of nitrogens with zero attached hydrogens (tertiary/aromatic N) is 3. The molecule has 1 aromatic carbocycles. The highest BCUT2D eigenvalue weighted by molar-refractivity contribution is 5.90. The summed E-state index contributed by atoms with van der Waals surface area (Å²) in [6.45, 7) is -0.239. The highest BCUT2D eigenvalue weighted by Gasteiger charge is 2.14. The number of carbonyl (C=O) groups excluding carboxylic acids is 1. The molecule has 2 N–H and O–H groups in total. The normalized spacial score (nSPS) is 10.5. The quantitative estimate of drug-likeness (QED) is 0.855. The van der Waals surface area contributed by atoms with Crippen LogP contribution < -0.4 is 5.73 Å². The summed E-state index contributed by atoms with van der Waals surface area (Å²) in [6.07, 6.45) is 1.14. The lowest BCUT2D eigenvalue weighted by Gasteiger charge is -2.06. The maximum absolute atomic E-state index is 13.4. The van der Waals surface area contributed by atoms with Crippen LogP contribution in [-0.4, -0.2) is 20.9 Å². The molecule has 1 amide bonds. The van der Waals surface area contributed by atoms with Crippen LogP contribution in [0.25, 0.3) is 0 Å². The molecule has 17 heavy (non-hydrogen) atoms. The van der Waals surface area contributed by atoms with Crippen molar-refractivity contribution in [2.24, 2.45) is 5.73 Å². The number of amides is 1. The molecule has 0 saturated heterocycles. The number of halogens is 2. The molecule has 88 valence electrons. The first kappa shape index (κ1) is 11.2. The lowest BCUT2D eigenvalue weighted by atomic mass is 10.2. The minimum Gasteiger partial charge on any atom is -0.364 e. The maximum Gasteiger partial charge on any atom is 0.268 e. The lowest BCUT2D eigenvalue weighted by molar-refractivity contribution is 0.0990. The molecule has 2 aromatic rings. The van der Waals surface area contributed by atoms with E-state index in [9.17, 15) is 13.6 Å². The van der Waals surface area contributed by atoms with E-state index in [1.165, 1.54) is 6.07 Å². The standard InChI is InChI=1S/C10H8F2N4O/c11-7-2-1-3-8(12)6(7)5-16-9(10(13)17)4-14-15-16/h1-4H,5H2,(H2,13,17). The van der Waals surface area contributed by atoms with Crippen molar-refractivity contribution in [3.63, 3.8) is 0 Å². The summed E-state index contributed by atoms with van der Waals surface area (Å²) in [6, 6.07) is 3.50. The summed E-state index contributed by atoms with van der Waals surface area (Å²) in [5.74, 6) is -2.18. The van der Waals surface area contributed by atoms with Crippen molar-refractivity contribution in [3.8, 4) is 0 Å². The first-order chi connectivity index (χ1) is 8.09. The average molecular weight is 238 g/mol. The van der Waals surface area contributed by atoms with Gasteiger partial charge in [0.1, 0.15) is 17.3 Å². The molecule has 0 spiro atoms. The van der Waals surface area contributed by atoms with Gasteiger partial charge in [0.2, 0.25) is 0 Å². The van der Waals surface area contributed by atoms with Gasteiger partial charge >= 0.3 is 0 Å². The van der Waals surface area contributed by atoms with E-state index < -0.39 is 17.5 Å². The van der Waals surface area contributed by atoms with Crippen molar-refractivity contribution in [2.45, 2.75) is 6.54 Å². The van der Waals surface area contributed by atoms with E-state index in [-0.39, 0.29) is 17.8 Å². The molecule has 0 radical (unpaired) electrons. The Kier molecular flexibility index (Phi) is 2.82. The fraction of sp³-hybridized carbons (Fsp3) is 0.100. The second kappa shape index (κ2) is 4.28. The van der Waals surface area contributed by atoms with Crippen molar-refractivity contribution >= 4 is 5.91 Å². The van der Waals surface area contributed by atoms with Gasteiger partial charge in [-0.25, -0.2) is 13.5 Å². The van der Waals surface area contributed by atoms with Gasteiger partial charge in [-0.3, -0.25) is 4.79 Å². The zero-order valence-corrected chi connectivity index (χ0v) is 8.60. The SMILES string of the molecule is NC(=O)c1cnnn1Cc1c(F)cccc1F. The third-order valence-corrected chi connectivity index (χ3v) is 2.24. The molecule has 0 aliphatic heterocycles. The van der Waals surface area contributed by atoms with Gasteiger partial charge in [0.25, 0.3) is 5.91 Å². The molecule has 0 bridgehead atoms. The summed E-state index contributed by atoms with van der Waals surface area (Å²) in [4.78, 5) is 11.0. The molecule has 0 aliphatic rings. The number of hydrogen-bond donors (Lipinski definition) is 1. The van der Waals surface area contributed by atoms with Crippen LogP contribution >= 0.6 is 0 Å². The first-order valence-electron chi connectivity index (χ1n) is 4.71. The summed E-state index contributed by atoms with van der Waals surface area (Å²) >= 11 is 0. The Hall–Kier alpha value is -2.31. The van der Waals surface area contributed by atoms with Gasteiger partial charge in [-0.1, -0.05) is 11.3 Å². The Balaban J connectivity index is 2.38. The average Bonchev–Trinajstić information content (AvgIpc) is 2.72. The van der Waals surface area contributed by atoms with E-state index in [2.05, 4.69) is 10.3 Å².